The van der Waals surface area contributed by atoms with Gasteiger partial charge in [0, 0.05) is 13.6 Å². The minimum Gasteiger partial charge on any atom is -0.341 e. The lowest BCUT2D eigenvalue weighted by Gasteiger charge is -2.10. The van der Waals surface area contributed by atoms with Crippen LogP contribution in [0.25, 0.3) is 0 Å². The largest absolute Gasteiger partial charge is 0.341 e. The Morgan fingerprint density at radius 2 is 2.14 bits per heavy atom. The van der Waals surface area contributed by atoms with Gasteiger partial charge in [0.25, 0.3) is 0 Å². The van der Waals surface area contributed by atoms with Crippen LogP contribution in [0.5, 0.6) is 0 Å². The van der Waals surface area contributed by atoms with Crippen molar-refractivity contribution in [1.29, 1.82) is 0 Å². The second-order valence-corrected chi connectivity index (χ2v) is 5.57. The molecule has 0 fully saturated rings. The molecule has 1 aromatic rings. The average Bonchev–Trinajstić information content (AvgIpc) is 2.90. The third-order valence-electron chi connectivity index (χ3n) is 2.54. The lowest BCUT2D eigenvalue weighted by Crippen LogP contribution is -2.41. The van der Waals surface area contributed by atoms with E-state index in [1.54, 1.807) is 11.6 Å². The van der Waals surface area contributed by atoms with E-state index >= 15 is 0 Å². The topological polar surface area (TPSA) is 114 Å². The van der Waals surface area contributed by atoms with E-state index in [0.29, 0.717) is 11.7 Å². The van der Waals surface area contributed by atoms with Crippen molar-refractivity contribution in [3.63, 3.8) is 0 Å². The van der Waals surface area contributed by atoms with Crippen LogP contribution in [-0.2, 0) is 11.3 Å². The number of carbonyl (C=O) groups is 2. The van der Waals surface area contributed by atoms with E-state index in [1.165, 1.54) is 18.8 Å². The van der Waals surface area contributed by atoms with E-state index in [0.717, 1.165) is 19.5 Å². The molecule has 1 heterocycles. The molecule has 1 rings (SSSR count). The van der Waals surface area contributed by atoms with Gasteiger partial charge in [0.1, 0.15) is 0 Å². The quantitative estimate of drug-likeness (QED) is 0.442. The van der Waals surface area contributed by atoms with Gasteiger partial charge in [0.15, 0.2) is 0 Å². The molecule has 3 amide bonds. The van der Waals surface area contributed by atoms with Crippen molar-refractivity contribution in [3.8, 4) is 0 Å². The third-order valence-corrected chi connectivity index (χ3v) is 3.61. The number of rotatable bonds is 8. The summed E-state index contributed by atoms with van der Waals surface area (Å²) in [4.78, 5) is 22.9. The highest BCUT2D eigenvalue weighted by Crippen LogP contribution is 2.19. The monoisotopic (exact) mass is 315 g/mol. The van der Waals surface area contributed by atoms with Crippen molar-refractivity contribution in [3.05, 3.63) is 0 Å². The second-order valence-electron chi connectivity index (χ2n) is 4.26. The number of hydrogen-bond acceptors (Lipinski definition) is 7. The molecular formula is C11H21N7O2S. The van der Waals surface area contributed by atoms with Gasteiger partial charge < -0.3 is 10.6 Å². The van der Waals surface area contributed by atoms with Gasteiger partial charge in [-0.3, -0.25) is 10.1 Å². The maximum Gasteiger partial charge on any atom is 0.321 e. The average molecular weight is 315 g/mol. The molecule has 118 valence electrons. The number of nitrogens with one attached hydrogen (secondary N) is 3. The van der Waals surface area contributed by atoms with Gasteiger partial charge in [0.2, 0.25) is 11.1 Å². The fourth-order valence-corrected chi connectivity index (χ4v) is 2.21. The van der Waals surface area contributed by atoms with E-state index in [1.807, 2.05) is 0 Å². The van der Waals surface area contributed by atoms with Crippen LogP contribution in [-0.4, -0.2) is 57.5 Å². The Labute approximate surface area is 127 Å². The molecule has 0 spiro atoms. The number of amides is 3. The van der Waals surface area contributed by atoms with Gasteiger partial charge in [-0.1, -0.05) is 18.7 Å². The molecule has 0 aliphatic heterocycles. The predicted octanol–water partition coefficient (Wildman–Crippen LogP) is -0.391. The zero-order chi connectivity index (χ0) is 15.7. The van der Waals surface area contributed by atoms with Crippen LogP contribution in [0, 0.1) is 0 Å². The highest BCUT2D eigenvalue weighted by molar-refractivity contribution is 8.00. The first-order valence-electron chi connectivity index (χ1n) is 6.74. The molecule has 10 heteroatoms. The van der Waals surface area contributed by atoms with E-state index in [4.69, 9.17) is 0 Å². The van der Waals surface area contributed by atoms with Crippen molar-refractivity contribution >= 4 is 23.7 Å². The highest BCUT2D eigenvalue weighted by atomic mass is 32.2. The van der Waals surface area contributed by atoms with E-state index in [-0.39, 0.29) is 0 Å². The minimum absolute atomic E-state index is 0.391. The summed E-state index contributed by atoms with van der Waals surface area (Å²) in [6.45, 7) is 6.11. The van der Waals surface area contributed by atoms with Crippen LogP contribution in [0.2, 0.25) is 0 Å². The van der Waals surface area contributed by atoms with Gasteiger partial charge in [-0.2, -0.15) is 0 Å². The number of carbonyl (C=O) groups excluding carboxylic acids is 2. The fourth-order valence-electron chi connectivity index (χ4n) is 1.40. The molecule has 0 radical (unpaired) electrons. The number of nitrogens with zero attached hydrogens (tertiary/aromatic N) is 4. The number of thioether (sulfide) groups is 1. The lowest BCUT2D eigenvalue weighted by molar-refractivity contribution is -0.119. The molecule has 0 bridgehead atoms. The Morgan fingerprint density at radius 3 is 2.81 bits per heavy atom. The first kappa shape index (κ1) is 17.4. The Morgan fingerprint density at radius 1 is 1.38 bits per heavy atom. The second kappa shape index (κ2) is 9.29. The van der Waals surface area contributed by atoms with E-state index < -0.39 is 17.2 Å². The molecule has 0 saturated heterocycles. The molecule has 9 nitrogen and oxygen atoms in total. The molecule has 0 aromatic carbocycles. The van der Waals surface area contributed by atoms with Crippen LogP contribution >= 0.6 is 11.8 Å². The smallest absolute Gasteiger partial charge is 0.321 e. The molecule has 0 aliphatic carbocycles. The van der Waals surface area contributed by atoms with Crippen molar-refractivity contribution in [2.45, 2.75) is 37.2 Å². The maximum atomic E-state index is 11.8. The SMILES string of the molecule is CCCNCCn1nnnc1SC(C)C(=O)NC(=O)NC. The van der Waals surface area contributed by atoms with E-state index in [2.05, 4.69) is 38.4 Å². The van der Waals surface area contributed by atoms with Crippen LogP contribution in [0.3, 0.4) is 0 Å². The number of hydrogen-bond donors (Lipinski definition) is 3. The standard InChI is InChI=1S/C11H21N7O2S/c1-4-5-13-6-7-18-11(15-16-17-18)21-8(2)9(19)14-10(20)12-3/h8,13H,4-7H2,1-3H3,(H2,12,14,19,20). The highest BCUT2D eigenvalue weighted by Gasteiger charge is 2.19. The first-order chi connectivity index (χ1) is 10.1. The summed E-state index contributed by atoms with van der Waals surface area (Å²) in [6, 6.07) is -0.532. The molecule has 1 unspecified atom stereocenters. The lowest BCUT2D eigenvalue weighted by atomic mass is 10.4. The number of urea groups is 1. The minimum atomic E-state index is -0.532. The summed E-state index contributed by atoms with van der Waals surface area (Å²) in [5, 5.41) is 19.3. The number of aromatic nitrogens is 4. The van der Waals surface area contributed by atoms with Crippen molar-refractivity contribution in [2.75, 3.05) is 20.1 Å². The zero-order valence-corrected chi connectivity index (χ0v) is 13.2. The van der Waals surface area contributed by atoms with Crippen LogP contribution < -0.4 is 16.0 Å². The van der Waals surface area contributed by atoms with Crippen molar-refractivity contribution < 1.29 is 9.59 Å². The van der Waals surface area contributed by atoms with Crippen LogP contribution in [0.15, 0.2) is 5.16 Å². The van der Waals surface area contributed by atoms with Gasteiger partial charge in [-0.25, -0.2) is 9.48 Å². The van der Waals surface area contributed by atoms with Gasteiger partial charge >= 0.3 is 6.03 Å². The normalized spacial score (nSPS) is 12.0. The summed E-state index contributed by atoms with van der Waals surface area (Å²) in [7, 11) is 1.45. The van der Waals surface area contributed by atoms with E-state index in [9.17, 15) is 9.59 Å². The van der Waals surface area contributed by atoms with Gasteiger partial charge in [-0.15, -0.1) is 5.10 Å². The van der Waals surface area contributed by atoms with Crippen molar-refractivity contribution in [1.82, 2.24) is 36.2 Å². The molecule has 3 N–H and O–H groups in total. The Balaban J connectivity index is 2.48. The molecule has 0 aliphatic rings. The summed E-state index contributed by atoms with van der Waals surface area (Å²) < 4.78 is 1.64. The summed E-state index contributed by atoms with van der Waals surface area (Å²) in [5.74, 6) is -0.391. The summed E-state index contributed by atoms with van der Waals surface area (Å²) >= 11 is 1.21. The molecule has 1 atom stereocenters. The zero-order valence-electron chi connectivity index (χ0n) is 12.4. The third kappa shape index (κ3) is 6.08. The summed E-state index contributed by atoms with van der Waals surface area (Å²) in [5.41, 5.74) is 0. The van der Waals surface area contributed by atoms with Crippen LogP contribution in [0.4, 0.5) is 4.79 Å². The fraction of sp³-hybridized carbons (Fsp3) is 0.727. The van der Waals surface area contributed by atoms with Crippen LogP contribution in [0.1, 0.15) is 20.3 Å². The molecule has 0 saturated carbocycles. The van der Waals surface area contributed by atoms with Crippen molar-refractivity contribution in [2.24, 2.45) is 0 Å². The van der Waals surface area contributed by atoms with Gasteiger partial charge in [-0.05, 0) is 30.3 Å². The number of tetrazole rings is 1. The maximum absolute atomic E-state index is 11.8. The molecule has 1 aromatic heterocycles. The first-order valence-corrected chi connectivity index (χ1v) is 7.62. The Bertz CT molecular complexity index is 465. The number of imide groups is 1. The molecule has 21 heavy (non-hydrogen) atoms. The Kier molecular flexibility index (Phi) is 7.69. The summed E-state index contributed by atoms with van der Waals surface area (Å²) in [6.07, 6.45) is 1.06. The predicted molar refractivity (Wildman–Crippen MR) is 78.9 cm³/mol. The van der Waals surface area contributed by atoms with Gasteiger partial charge in [0.05, 0.1) is 11.8 Å². The molecular weight excluding hydrogens is 294 g/mol. The Hall–Kier alpha value is -1.68.